The molecule has 0 aliphatic heterocycles. The molecule has 1 aliphatic rings. The van der Waals surface area contributed by atoms with Crippen LogP contribution in [0.15, 0.2) is 60.2 Å². The van der Waals surface area contributed by atoms with Crippen LogP contribution in [0.5, 0.6) is 0 Å². The van der Waals surface area contributed by atoms with Crippen LogP contribution in [0.25, 0.3) is 16.6 Å². The summed E-state index contributed by atoms with van der Waals surface area (Å²) in [5, 5.41) is 11.6. The van der Waals surface area contributed by atoms with E-state index in [-0.39, 0.29) is 11.5 Å². The molecule has 128 valence electrons. The molecule has 0 fully saturated rings. The fourth-order valence-corrected chi connectivity index (χ4v) is 4.04. The number of thiazole rings is 1. The van der Waals surface area contributed by atoms with Gasteiger partial charge in [-0.1, -0.05) is 30.3 Å². The van der Waals surface area contributed by atoms with E-state index in [9.17, 15) is 14.9 Å². The van der Waals surface area contributed by atoms with Crippen LogP contribution in [0.1, 0.15) is 27.3 Å². The van der Waals surface area contributed by atoms with Crippen LogP contribution < -0.4 is 0 Å². The van der Waals surface area contributed by atoms with Crippen molar-refractivity contribution in [2.24, 2.45) is 0 Å². The molecule has 0 N–H and O–H groups in total. The largest absolute Gasteiger partial charge is 0.288 e. The number of carbonyl (C=O) groups excluding carboxylic acids is 1. The molecule has 2 aromatic carbocycles. The van der Waals surface area contributed by atoms with Crippen LogP contribution in [-0.4, -0.2) is 15.7 Å². The molecule has 5 nitrogen and oxygen atoms in total. The molecule has 0 unspecified atom stereocenters. The van der Waals surface area contributed by atoms with E-state index in [0.29, 0.717) is 11.3 Å². The second kappa shape index (κ2) is 6.65. The lowest BCUT2D eigenvalue weighted by Gasteiger charge is -2.12. The smallest absolute Gasteiger partial charge is 0.269 e. The fourth-order valence-electron chi connectivity index (χ4n) is 2.95. The summed E-state index contributed by atoms with van der Waals surface area (Å²) in [5.41, 5.74) is 3.42. The van der Waals surface area contributed by atoms with Crippen LogP contribution in [-0.2, 0) is 6.42 Å². The number of non-ortho nitro benzene ring substituents is 1. The molecular formula is C20H14N2O3S. The molecule has 1 heterocycles. The number of rotatable bonds is 3. The van der Waals surface area contributed by atoms with Crippen molar-refractivity contribution in [1.82, 2.24) is 4.98 Å². The van der Waals surface area contributed by atoms with Crippen molar-refractivity contribution < 1.29 is 9.72 Å². The zero-order valence-corrected chi connectivity index (χ0v) is 14.5. The normalized spacial score (nSPS) is 15.1. The highest BCUT2D eigenvalue weighted by Crippen LogP contribution is 2.35. The third-order valence-electron chi connectivity index (χ3n) is 4.29. The Labute approximate surface area is 153 Å². The highest BCUT2D eigenvalue weighted by molar-refractivity contribution is 7.17. The van der Waals surface area contributed by atoms with Gasteiger partial charge < -0.3 is 0 Å². The molecule has 26 heavy (non-hydrogen) atoms. The minimum Gasteiger partial charge on any atom is -0.288 e. The second-order valence-electron chi connectivity index (χ2n) is 6.01. The van der Waals surface area contributed by atoms with Crippen LogP contribution >= 0.6 is 11.3 Å². The van der Waals surface area contributed by atoms with Gasteiger partial charge in [0.1, 0.15) is 5.01 Å². The van der Waals surface area contributed by atoms with E-state index in [1.165, 1.54) is 23.5 Å². The molecule has 0 bridgehead atoms. The summed E-state index contributed by atoms with van der Waals surface area (Å²) in [6, 6.07) is 16.1. The number of ketones is 1. The van der Waals surface area contributed by atoms with Gasteiger partial charge in [0.15, 0.2) is 0 Å². The van der Waals surface area contributed by atoms with E-state index in [1.54, 1.807) is 12.1 Å². The molecule has 6 heteroatoms. The maximum atomic E-state index is 12.8. The minimum absolute atomic E-state index is 0.00397. The molecule has 0 atom stereocenters. The van der Waals surface area contributed by atoms with Crippen molar-refractivity contribution >= 4 is 28.9 Å². The van der Waals surface area contributed by atoms with Crippen molar-refractivity contribution in [3.63, 3.8) is 0 Å². The number of fused-ring (bicyclic) bond motifs is 1. The molecule has 0 saturated carbocycles. The average molecular weight is 362 g/mol. The number of hydrogen-bond donors (Lipinski definition) is 0. The second-order valence-corrected chi connectivity index (χ2v) is 7.01. The fraction of sp³-hybridized carbons (Fsp3) is 0.100. The highest BCUT2D eigenvalue weighted by Gasteiger charge is 2.26. The van der Waals surface area contributed by atoms with Crippen LogP contribution in [0.3, 0.4) is 0 Å². The van der Waals surface area contributed by atoms with Gasteiger partial charge in [0, 0.05) is 23.3 Å². The summed E-state index contributed by atoms with van der Waals surface area (Å²) in [4.78, 5) is 28.5. The third kappa shape index (κ3) is 3.07. The first kappa shape index (κ1) is 16.4. The Kier molecular flexibility index (Phi) is 4.18. The third-order valence-corrected chi connectivity index (χ3v) is 5.44. The van der Waals surface area contributed by atoms with E-state index in [0.717, 1.165) is 33.8 Å². The summed E-state index contributed by atoms with van der Waals surface area (Å²) >= 11 is 1.43. The number of nitro groups is 1. The molecule has 0 amide bonds. The number of hydrogen-bond acceptors (Lipinski definition) is 5. The molecule has 3 aromatic rings. The van der Waals surface area contributed by atoms with Gasteiger partial charge in [-0.25, -0.2) is 4.98 Å². The standard InChI is InChI=1S/C20H14N2O3S/c23-18-15(12-13-6-9-16(10-7-13)22(24)25)8-11-17-19(18)26-20(21-17)14-4-2-1-3-5-14/h1-7,9-10,12H,8,11H2. The Balaban J connectivity index is 1.63. The van der Waals surface area contributed by atoms with Crippen LogP contribution in [0.4, 0.5) is 5.69 Å². The molecule has 0 spiro atoms. The Morgan fingerprint density at radius 2 is 1.77 bits per heavy atom. The molecule has 4 rings (SSSR count). The lowest BCUT2D eigenvalue weighted by molar-refractivity contribution is -0.384. The molecule has 0 radical (unpaired) electrons. The van der Waals surface area contributed by atoms with Gasteiger partial charge in [-0.05, 0) is 36.6 Å². The van der Waals surface area contributed by atoms with E-state index >= 15 is 0 Å². The van der Waals surface area contributed by atoms with Crippen molar-refractivity contribution in [1.29, 1.82) is 0 Å². The van der Waals surface area contributed by atoms with Crippen LogP contribution in [0, 0.1) is 10.1 Å². The molecular weight excluding hydrogens is 348 g/mol. The number of nitrogens with zero attached hydrogens (tertiary/aromatic N) is 2. The summed E-state index contributed by atoms with van der Waals surface area (Å²) < 4.78 is 0. The zero-order valence-electron chi connectivity index (χ0n) is 13.7. The van der Waals surface area contributed by atoms with Gasteiger partial charge in [0.25, 0.3) is 5.69 Å². The number of Topliss-reactive ketones (excluding diaryl/α,β-unsaturated/α-hetero) is 1. The average Bonchev–Trinajstić information content (AvgIpc) is 3.10. The topological polar surface area (TPSA) is 73.1 Å². The lowest BCUT2D eigenvalue weighted by atomic mass is 9.94. The van der Waals surface area contributed by atoms with Crippen molar-refractivity contribution in [2.75, 3.05) is 0 Å². The minimum atomic E-state index is -0.433. The number of aromatic nitrogens is 1. The number of nitro benzene ring substituents is 1. The first-order chi connectivity index (χ1) is 12.6. The predicted molar refractivity (Wildman–Crippen MR) is 101 cm³/mol. The lowest BCUT2D eigenvalue weighted by Crippen LogP contribution is -2.12. The summed E-state index contributed by atoms with van der Waals surface area (Å²) in [6.07, 6.45) is 3.17. The maximum absolute atomic E-state index is 12.8. The van der Waals surface area contributed by atoms with Gasteiger partial charge in [-0.3, -0.25) is 14.9 Å². The quantitative estimate of drug-likeness (QED) is 0.376. The Morgan fingerprint density at radius 3 is 2.46 bits per heavy atom. The van der Waals surface area contributed by atoms with E-state index in [4.69, 9.17) is 0 Å². The van der Waals surface area contributed by atoms with Gasteiger partial charge in [0.2, 0.25) is 5.78 Å². The van der Waals surface area contributed by atoms with Gasteiger partial charge in [0.05, 0.1) is 15.5 Å². The van der Waals surface area contributed by atoms with E-state index in [2.05, 4.69) is 4.98 Å². The van der Waals surface area contributed by atoms with E-state index in [1.807, 2.05) is 36.4 Å². The number of allylic oxidation sites excluding steroid dienone is 1. The van der Waals surface area contributed by atoms with E-state index < -0.39 is 4.92 Å². The Bertz CT molecular complexity index is 1020. The number of carbonyl (C=O) groups is 1. The van der Waals surface area contributed by atoms with Crippen molar-refractivity contribution in [3.05, 3.63) is 86.4 Å². The number of aryl methyl sites for hydroxylation is 1. The predicted octanol–water partition coefficient (Wildman–Crippen LogP) is 4.93. The van der Waals surface area contributed by atoms with Gasteiger partial charge >= 0.3 is 0 Å². The Hall–Kier alpha value is -3.12. The SMILES string of the molecule is O=C1C(=Cc2ccc([N+](=O)[O-])cc2)CCc2nc(-c3ccccc3)sc21. The first-order valence-electron chi connectivity index (χ1n) is 8.16. The Morgan fingerprint density at radius 1 is 1.04 bits per heavy atom. The maximum Gasteiger partial charge on any atom is 0.269 e. The summed E-state index contributed by atoms with van der Waals surface area (Å²) in [6.45, 7) is 0. The monoisotopic (exact) mass is 362 g/mol. The van der Waals surface area contributed by atoms with Gasteiger partial charge in [-0.2, -0.15) is 0 Å². The van der Waals surface area contributed by atoms with Crippen LogP contribution in [0.2, 0.25) is 0 Å². The summed E-state index contributed by atoms with van der Waals surface area (Å²) in [7, 11) is 0. The molecule has 0 saturated heterocycles. The zero-order chi connectivity index (χ0) is 18.1. The molecule has 1 aliphatic carbocycles. The number of benzene rings is 2. The van der Waals surface area contributed by atoms with Gasteiger partial charge in [-0.15, -0.1) is 11.3 Å². The molecule has 1 aromatic heterocycles. The summed E-state index contributed by atoms with van der Waals surface area (Å²) in [5.74, 6) is 0.00397. The van der Waals surface area contributed by atoms with Crippen molar-refractivity contribution in [2.45, 2.75) is 12.8 Å². The van der Waals surface area contributed by atoms with Crippen molar-refractivity contribution in [3.8, 4) is 10.6 Å². The first-order valence-corrected chi connectivity index (χ1v) is 8.98. The highest BCUT2D eigenvalue weighted by atomic mass is 32.1.